The van der Waals surface area contributed by atoms with Crippen molar-refractivity contribution in [2.75, 3.05) is 14.2 Å². The summed E-state index contributed by atoms with van der Waals surface area (Å²) in [5, 5.41) is 0.496. The molecular formula is C13H18Cl2O2. The van der Waals surface area contributed by atoms with E-state index in [1.54, 1.807) is 20.3 Å². The average Bonchev–Trinajstić information content (AvgIpc) is 2.36. The third-order valence-electron chi connectivity index (χ3n) is 2.94. The van der Waals surface area contributed by atoms with Gasteiger partial charge in [-0.15, -0.1) is 11.6 Å². The fourth-order valence-corrected chi connectivity index (χ4v) is 2.28. The molecule has 0 bridgehead atoms. The van der Waals surface area contributed by atoms with Crippen LogP contribution in [0, 0.1) is 5.92 Å². The normalized spacial score (nSPS) is 14.2. The third kappa shape index (κ3) is 3.20. The van der Waals surface area contributed by atoms with Gasteiger partial charge in [0.15, 0.2) is 11.5 Å². The number of hydrogen-bond donors (Lipinski definition) is 0. The van der Waals surface area contributed by atoms with Crippen molar-refractivity contribution < 1.29 is 9.47 Å². The Balaban J connectivity index is 3.16. The molecule has 0 heterocycles. The highest BCUT2D eigenvalue weighted by Gasteiger charge is 2.20. The molecule has 2 nitrogen and oxygen atoms in total. The van der Waals surface area contributed by atoms with E-state index >= 15 is 0 Å². The molecule has 0 aliphatic rings. The molecule has 1 rings (SSSR count). The molecule has 0 radical (unpaired) electrons. The van der Waals surface area contributed by atoms with Gasteiger partial charge in [-0.1, -0.05) is 31.9 Å². The summed E-state index contributed by atoms with van der Waals surface area (Å²) in [5.74, 6) is 1.63. The van der Waals surface area contributed by atoms with Crippen molar-refractivity contribution in [3.63, 3.8) is 0 Å². The van der Waals surface area contributed by atoms with Gasteiger partial charge < -0.3 is 9.47 Å². The molecule has 1 aromatic carbocycles. The average molecular weight is 277 g/mol. The lowest BCUT2D eigenvalue weighted by molar-refractivity contribution is 0.354. The summed E-state index contributed by atoms with van der Waals surface area (Å²) in [5.41, 5.74) is 0.889. The van der Waals surface area contributed by atoms with Crippen molar-refractivity contribution in [1.82, 2.24) is 0 Å². The zero-order valence-corrected chi connectivity index (χ0v) is 12.1. The van der Waals surface area contributed by atoms with E-state index in [1.807, 2.05) is 6.07 Å². The van der Waals surface area contributed by atoms with Gasteiger partial charge in [-0.3, -0.25) is 0 Å². The Morgan fingerprint density at radius 3 is 2.18 bits per heavy atom. The van der Waals surface area contributed by atoms with Gasteiger partial charge in [0.1, 0.15) is 0 Å². The van der Waals surface area contributed by atoms with Gasteiger partial charge in [0.05, 0.1) is 19.6 Å². The molecule has 17 heavy (non-hydrogen) atoms. The number of ether oxygens (including phenoxy) is 2. The van der Waals surface area contributed by atoms with E-state index in [2.05, 4.69) is 13.8 Å². The second kappa shape index (κ2) is 6.36. The summed E-state index contributed by atoms with van der Waals surface area (Å²) < 4.78 is 10.4. The first-order valence-electron chi connectivity index (χ1n) is 5.60. The number of benzene rings is 1. The molecule has 2 unspecified atom stereocenters. The van der Waals surface area contributed by atoms with Crippen molar-refractivity contribution >= 4 is 23.2 Å². The summed E-state index contributed by atoms with van der Waals surface area (Å²) in [6.07, 6.45) is 0.999. The minimum absolute atomic E-state index is 0.118. The van der Waals surface area contributed by atoms with Gasteiger partial charge in [-0.2, -0.15) is 0 Å². The molecule has 0 saturated carbocycles. The van der Waals surface area contributed by atoms with Crippen LogP contribution in [0.2, 0.25) is 5.02 Å². The SMILES string of the molecule is CCC(C)C(Cl)c1cc(OC)c(OC)cc1Cl. The van der Waals surface area contributed by atoms with Crippen LogP contribution >= 0.6 is 23.2 Å². The molecule has 0 aromatic heterocycles. The fourth-order valence-electron chi connectivity index (χ4n) is 1.59. The molecular weight excluding hydrogens is 259 g/mol. The first-order chi connectivity index (χ1) is 8.04. The third-order valence-corrected chi connectivity index (χ3v) is 3.94. The Morgan fingerprint density at radius 2 is 1.71 bits per heavy atom. The minimum Gasteiger partial charge on any atom is -0.493 e. The second-order valence-corrected chi connectivity index (χ2v) is 4.89. The van der Waals surface area contributed by atoms with Crippen LogP contribution in [0.3, 0.4) is 0 Å². The summed E-state index contributed by atoms with van der Waals surface area (Å²) in [6, 6.07) is 3.60. The Morgan fingerprint density at radius 1 is 1.18 bits per heavy atom. The van der Waals surface area contributed by atoms with E-state index in [9.17, 15) is 0 Å². The van der Waals surface area contributed by atoms with Crippen molar-refractivity contribution in [1.29, 1.82) is 0 Å². The molecule has 0 aliphatic carbocycles. The van der Waals surface area contributed by atoms with E-state index in [1.165, 1.54) is 0 Å². The molecule has 96 valence electrons. The van der Waals surface area contributed by atoms with Gasteiger partial charge in [-0.05, 0) is 17.5 Å². The first kappa shape index (κ1) is 14.5. The van der Waals surface area contributed by atoms with Gasteiger partial charge in [0.2, 0.25) is 0 Å². The number of hydrogen-bond acceptors (Lipinski definition) is 2. The molecule has 2 atom stereocenters. The van der Waals surface area contributed by atoms with Gasteiger partial charge in [0.25, 0.3) is 0 Å². The molecule has 0 spiro atoms. The van der Waals surface area contributed by atoms with Crippen LogP contribution in [0.25, 0.3) is 0 Å². The van der Waals surface area contributed by atoms with Crippen LogP contribution in [0.5, 0.6) is 11.5 Å². The van der Waals surface area contributed by atoms with Gasteiger partial charge in [-0.25, -0.2) is 0 Å². The molecule has 0 aliphatic heterocycles. The summed E-state index contributed by atoms with van der Waals surface area (Å²) >= 11 is 12.6. The Kier molecular flexibility index (Phi) is 5.41. The Hall–Kier alpha value is -0.600. The maximum atomic E-state index is 6.41. The number of halogens is 2. The maximum absolute atomic E-state index is 6.41. The highest BCUT2D eigenvalue weighted by molar-refractivity contribution is 6.33. The van der Waals surface area contributed by atoms with Gasteiger partial charge in [0, 0.05) is 11.1 Å². The van der Waals surface area contributed by atoms with Crippen molar-refractivity contribution in [3.05, 3.63) is 22.7 Å². The van der Waals surface area contributed by atoms with E-state index in [0.717, 1.165) is 12.0 Å². The van der Waals surface area contributed by atoms with Gasteiger partial charge >= 0.3 is 0 Å². The van der Waals surface area contributed by atoms with Crippen LogP contribution in [0.4, 0.5) is 0 Å². The highest BCUT2D eigenvalue weighted by atomic mass is 35.5. The predicted octanol–water partition coefficient (Wildman–Crippen LogP) is 4.68. The molecule has 0 N–H and O–H groups in total. The number of alkyl halides is 1. The summed E-state index contributed by atoms with van der Waals surface area (Å²) in [7, 11) is 3.18. The topological polar surface area (TPSA) is 18.5 Å². The number of methoxy groups -OCH3 is 2. The van der Waals surface area contributed by atoms with Crippen LogP contribution in [0.15, 0.2) is 12.1 Å². The molecule has 0 fully saturated rings. The van der Waals surface area contributed by atoms with Crippen LogP contribution < -0.4 is 9.47 Å². The molecule has 4 heteroatoms. The molecule has 0 saturated heterocycles. The number of rotatable bonds is 5. The Bertz CT molecular complexity index is 380. The highest BCUT2D eigenvalue weighted by Crippen LogP contribution is 2.41. The van der Waals surface area contributed by atoms with E-state index in [4.69, 9.17) is 32.7 Å². The van der Waals surface area contributed by atoms with Crippen molar-refractivity contribution in [3.8, 4) is 11.5 Å². The van der Waals surface area contributed by atoms with Crippen molar-refractivity contribution in [2.45, 2.75) is 25.6 Å². The van der Waals surface area contributed by atoms with Crippen LogP contribution in [-0.2, 0) is 0 Å². The lowest BCUT2D eigenvalue weighted by atomic mass is 9.98. The van der Waals surface area contributed by atoms with Crippen LogP contribution in [0.1, 0.15) is 31.2 Å². The fraction of sp³-hybridized carbons (Fsp3) is 0.538. The first-order valence-corrected chi connectivity index (χ1v) is 6.42. The van der Waals surface area contributed by atoms with E-state index < -0.39 is 0 Å². The Labute approximate surface area is 113 Å². The van der Waals surface area contributed by atoms with Crippen molar-refractivity contribution in [2.24, 2.45) is 5.92 Å². The standard InChI is InChI=1S/C13H18Cl2O2/c1-5-8(2)13(15)9-6-11(16-3)12(17-4)7-10(9)14/h6-8,13H,5H2,1-4H3. The quantitative estimate of drug-likeness (QED) is 0.727. The summed E-state index contributed by atoms with van der Waals surface area (Å²) in [6.45, 7) is 4.21. The predicted molar refractivity (Wildman–Crippen MR) is 72.6 cm³/mol. The van der Waals surface area contributed by atoms with E-state index in [-0.39, 0.29) is 5.38 Å². The van der Waals surface area contributed by atoms with Crippen LogP contribution in [-0.4, -0.2) is 14.2 Å². The largest absolute Gasteiger partial charge is 0.493 e. The lowest BCUT2D eigenvalue weighted by Gasteiger charge is -2.19. The minimum atomic E-state index is -0.118. The zero-order valence-electron chi connectivity index (χ0n) is 10.6. The second-order valence-electron chi connectivity index (χ2n) is 4.02. The monoisotopic (exact) mass is 276 g/mol. The van der Waals surface area contributed by atoms with E-state index in [0.29, 0.717) is 22.4 Å². The summed E-state index contributed by atoms with van der Waals surface area (Å²) in [4.78, 5) is 0. The zero-order chi connectivity index (χ0) is 13.0. The lowest BCUT2D eigenvalue weighted by Crippen LogP contribution is -2.04. The molecule has 0 amide bonds. The maximum Gasteiger partial charge on any atom is 0.162 e. The smallest absolute Gasteiger partial charge is 0.162 e. The molecule has 1 aromatic rings.